The van der Waals surface area contributed by atoms with Gasteiger partial charge in [-0.2, -0.15) is 0 Å². The first-order valence-corrected chi connectivity index (χ1v) is 10.1. The third-order valence-corrected chi connectivity index (χ3v) is 5.70. The van der Waals surface area contributed by atoms with Gasteiger partial charge in [0, 0.05) is 31.7 Å². The molecule has 5 rings (SSSR count). The molecule has 1 fully saturated rings. The van der Waals surface area contributed by atoms with Gasteiger partial charge in [0.15, 0.2) is 0 Å². The Hall–Kier alpha value is -3.51. The average molecular weight is 398 g/mol. The monoisotopic (exact) mass is 398 g/mol. The van der Waals surface area contributed by atoms with Gasteiger partial charge in [-0.1, -0.05) is 60.7 Å². The lowest BCUT2D eigenvalue weighted by Gasteiger charge is -2.39. The Morgan fingerprint density at radius 2 is 1.37 bits per heavy atom. The molecule has 6 heteroatoms. The number of piperazine rings is 1. The van der Waals surface area contributed by atoms with Crippen LogP contribution in [0.1, 0.15) is 27.5 Å². The van der Waals surface area contributed by atoms with Gasteiger partial charge < -0.3 is 4.90 Å². The summed E-state index contributed by atoms with van der Waals surface area (Å²) in [5.74, 6) is 0.0236. The number of amides is 1. The van der Waals surface area contributed by atoms with Crippen LogP contribution in [0.5, 0.6) is 0 Å². The zero-order chi connectivity index (χ0) is 20.3. The molecule has 1 aromatic heterocycles. The zero-order valence-electron chi connectivity index (χ0n) is 16.5. The highest BCUT2D eigenvalue weighted by Crippen LogP contribution is 2.29. The number of nitrogens with zero attached hydrogens (tertiary/aromatic N) is 4. The van der Waals surface area contributed by atoms with Crippen LogP contribution in [0.3, 0.4) is 0 Å². The maximum atomic E-state index is 13.0. The molecule has 1 aliphatic heterocycles. The van der Waals surface area contributed by atoms with Crippen LogP contribution in [0, 0.1) is 0 Å². The fourth-order valence-corrected chi connectivity index (χ4v) is 4.17. The van der Waals surface area contributed by atoms with E-state index >= 15 is 0 Å². The lowest BCUT2D eigenvalue weighted by atomic mass is 9.96. The number of carbonyl (C=O) groups is 1. The van der Waals surface area contributed by atoms with Crippen molar-refractivity contribution in [3.05, 3.63) is 95.6 Å². The van der Waals surface area contributed by atoms with E-state index in [9.17, 15) is 4.79 Å². The van der Waals surface area contributed by atoms with Crippen LogP contribution >= 0.6 is 0 Å². The lowest BCUT2D eigenvalue weighted by molar-refractivity contribution is 0.0597. The van der Waals surface area contributed by atoms with Gasteiger partial charge in [-0.15, -0.1) is 0 Å². The summed E-state index contributed by atoms with van der Waals surface area (Å²) in [4.78, 5) is 17.4. The minimum absolute atomic E-state index is 0.0236. The highest BCUT2D eigenvalue weighted by atomic mass is 16.6. The summed E-state index contributed by atoms with van der Waals surface area (Å²) in [7, 11) is 0. The maximum Gasteiger partial charge on any atom is 0.254 e. The second-order valence-corrected chi connectivity index (χ2v) is 7.52. The van der Waals surface area contributed by atoms with Gasteiger partial charge in [0.05, 0.1) is 6.04 Å². The first kappa shape index (κ1) is 18.5. The summed E-state index contributed by atoms with van der Waals surface area (Å²) in [6, 6.07) is 26.6. The molecule has 0 aliphatic carbocycles. The van der Waals surface area contributed by atoms with Crippen molar-refractivity contribution in [3.63, 3.8) is 0 Å². The van der Waals surface area contributed by atoms with E-state index in [1.54, 1.807) is 18.2 Å². The lowest BCUT2D eigenvalue weighted by Crippen LogP contribution is -2.49. The molecule has 0 atom stereocenters. The Labute approximate surface area is 174 Å². The third-order valence-electron chi connectivity index (χ3n) is 5.70. The molecule has 6 nitrogen and oxygen atoms in total. The van der Waals surface area contributed by atoms with Crippen LogP contribution in [0.25, 0.3) is 11.0 Å². The van der Waals surface area contributed by atoms with Gasteiger partial charge in [-0.3, -0.25) is 9.69 Å². The predicted octanol–water partition coefficient (Wildman–Crippen LogP) is 3.77. The second-order valence-electron chi connectivity index (χ2n) is 7.52. The van der Waals surface area contributed by atoms with Crippen LogP contribution < -0.4 is 0 Å². The van der Waals surface area contributed by atoms with E-state index in [2.05, 4.69) is 63.7 Å². The summed E-state index contributed by atoms with van der Waals surface area (Å²) in [5, 5.41) is 7.65. The molecule has 0 spiro atoms. The van der Waals surface area contributed by atoms with Crippen molar-refractivity contribution in [3.8, 4) is 0 Å². The molecule has 1 aliphatic rings. The van der Waals surface area contributed by atoms with Crippen LogP contribution in [-0.2, 0) is 0 Å². The summed E-state index contributed by atoms with van der Waals surface area (Å²) >= 11 is 0. The highest BCUT2D eigenvalue weighted by molar-refractivity contribution is 5.97. The van der Waals surface area contributed by atoms with Crippen molar-refractivity contribution >= 4 is 16.9 Å². The van der Waals surface area contributed by atoms with E-state index in [-0.39, 0.29) is 11.9 Å². The number of benzene rings is 3. The first-order chi connectivity index (χ1) is 14.8. The molecule has 0 saturated carbocycles. The smallest absolute Gasteiger partial charge is 0.254 e. The summed E-state index contributed by atoms with van der Waals surface area (Å²) in [6.07, 6.45) is 0. The summed E-state index contributed by atoms with van der Waals surface area (Å²) in [5.41, 5.74) is 4.42. The molecule has 30 heavy (non-hydrogen) atoms. The Kier molecular flexibility index (Phi) is 4.99. The topological polar surface area (TPSA) is 62.5 Å². The third kappa shape index (κ3) is 3.57. The number of carbonyl (C=O) groups excluding carboxylic acids is 1. The SMILES string of the molecule is O=C(c1ccc2nonc2c1)N1CCN(C(c2ccccc2)c2ccccc2)CC1. The number of aromatic nitrogens is 2. The van der Waals surface area contributed by atoms with Gasteiger partial charge in [0.1, 0.15) is 11.0 Å². The Balaban J connectivity index is 1.34. The van der Waals surface area contributed by atoms with Crippen LogP contribution in [0.4, 0.5) is 0 Å². The van der Waals surface area contributed by atoms with E-state index in [4.69, 9.17) is 4.63 Å². The zero-order valence-corrected chi connectivity index (χ0v) is 16.5. The minimum atomic E-state index is 0.0236. The Morgan fingerprint density at radius 1 is 0.767 bits per heavy atom. The van der Waals surface area contributed by atoms with Gasteiger partial charge in [-0.25, -0.2) is 4.63 Å². The van der Waals surface area contributed by atoms with Crippen molar-refractivity contribution in [2.75, 3.05) is 26.2 Å². The number of hydrogen-bond acceptors (Lipinski definition) is 5. The molecular formula is C24H22N4O2. The molecule has 1 saturated heterocycles. The van der Waals surface area contributed by atoms with Crippen molar-refractivity contribution in [1.29, 1.82) is 0 Å². The van der Waals surface area contributed by atoms with E-state index in [1.165, 1.54) is 11.1 Å². The molecule has 0 bridgehead atoms. The quantitative estimate of drug-likeness (QED) is 0.524. The van der Waals surface area contributed by atoms with E-state index in [1.807, 2.05) is 17.0 Å². The fraction of sp³-hybridized carbons (Fsp3) is 0.208. The number of rotatable bonds is 4. The van der Waals surface area contributed by atoms with Gasteiger partial charge in [-0.05, 0) is 39.6 Å². The molecular weight excluding hydrogens is 376 g/mol. The molecule has 150 valence electrons. The summed E-state index contributed by atoms with van der Waals surface area (Å²) in [6.45, 7) is 3.00. The van der Waals surface area contributed by atoms with Gasteiger partial charge in [0.2, 0.25) is 0 Å². The van der Waals surface area contributed by atoms with E-state index in [0.29, 0.717) is 29.7 Å². The predicted molar refractivity (Wildman–Crippen MR) is 114 cm³/mol. The normalized spacial score (nSPS) is 15.0. The standard InChI is InChI=1S/C24H22N4O2/c29-24(20-11-12-21-22(17-20)26-30-25-21)28-15-13-27(14-16-28)23(18-7-3-1-4-8-18)19-9-5-2-6-10-19/h1-12,17,23H,13-16H2. The summed E-state index contributed by atoms with van der Waals surface area (Å²) < 4.78 is 4.74. The van der Waals surface area contributed by atoms with E-state index < -0.39 is 0 Å². The molecule has 4 aromatic rings. The number of hydrogen-bond donors (Lipinski definition) is 0. The molecule has 0 unspecified atom stereocenters. The molecule has 0 radical (unpaired) electrons. The highest BCUT2D eigenvalue weighted by Gasteiger charge is 2.28. The first-order valence-electron chi connectivity index (χ1n) is 10.1. The van der Waals surface area contributed by atoms with Crippen molar-refractivity contribution < 1.29 is 9.42 Å². The fourth-order valence-electron chi connectivity index (χ4n) is 4.17. The van der Waals surface area contributed by atoms with Crippen molar-refractivity contribution in [2.45, 2.75) is 6.04 Å². The van der Waals surface area contributed by atoms with Crippen LogP contribution in [0.2, 0.25) is 0 Å². The van der Waals surface area contributed by atoms with Crippen LogP contribution in [0.15, 0.2) is 83.5 Å². The van der Waals surface area contributed by atoms with Crippen molar-refractivity contribution in [2.24, 2.45) is 0 Å². The molecule has 2 heterocycles. The molecule has 0 N–H and O–H groups in total. The Bertz CT molecular complexity index is 1100. The largest absolute Gasteiger partial charge is 0.336 e. The molecule has 1 amide bonds. The van der Waals surface area contributed by atoms with E-state index in [0.717, 1.165) is 13.1 Å². The molecule has 3 aromatic carbocycles. The van der Waals surface area contributed by atoms with Crippen molar-refractivity contribution in [1.82, 2.24) is 20.1 Å². The number of fused-ring (bicyclic) bond motifs is 1. The average Bonchev–Trinajstić information content (AvgIpc) is 3.29. The second kappa shape index (κ2) is 8.08. The Morgan fingerprint density at radius 3 is 2.00 bits per heavy atom. The maximum absolute atomic E-state index is 13.0. The van der Waals surface area contributed by atoms with Gasteiger partial charge in [0.25, 0.3) is 5.91 Å². The van der Waals surface area contributed by atoms with Gasteiger partial charge >= 0.3 is 0 Å². The minimum Gasteiger partial charge on any atom is -0.336 e. The van der Waals surface area contributed by atoms with Crippen LogP contribution in [-0.4, -0.2) is 52.2 Å².